The Bertz CT molecular complexity index is 816. The molecule has 0 saturated heterocycles. The summed E-state index contributed by atoms with van der Waals surface area (Å²) in [6.07, 6.45) is 0. The van der Waals surface area contributed by atoms with Crippen LogP contribution in [0.4, 0.5) is 0 Å². The number of rotatable bonds is 3. The van der Waals surface area contributed by atoms with Gasteiger partial charge in [-0.1, -0.05) is 35.5 Å². The van der Waals surface area contributed by atoms with E-state index in [1.165, 1.54) is 0 Å². The Kier molecular flexibility index (Phi) is 3.31. The zero-order valence-corrected chi connectivity index (χ0v) is 11.7. The molecule has 0 aliphatic heterocycles. The van der Waals surface area contributed by atoms with E-state index in [4.69, 9.17) is 4.74 Å². The highest BCUT2D eigenvalue weighted by molar-refractivity contribution is 5.69. The maximum atomic E-state index is 11.0. The lowest BCUT2D eigenvalue weighted by Gasteiger charge is -2.08. The minimum atomic E-state index is -0.556. The van der Waals surface area contributed by atoms with Crippen LogP contribution in [-0.4, -0.2) is 17.3 Å². The van der Waals surface area contributed by atoms with Crippen LogP contribution < -0.4 is 10.5 Å². The van der Waals surface area contributed by atoms with Crippen LogP contribution in [0.3, 0.4) is 0 Å². The molecule has 0 unspecified atom stereocenters. The lowest BCUT2D eigenvalue weighted by molar-refractivity contribution is 0.388. The van der Waals surface area contributed by atoms with Crippen molar-refractivity contribution in [3.8, 4) is 28.3 Å². The Balaban J connectivity index is 1.94. The first-order valence-corrected chi connectivity index (χ1v) is 6.49. The van der Waals surface area contributed by atoms with Crippen molar-refractivity contribution in [2.24, 2.45) is 0 Å². The lowest BCUT2D eigenvalue weighted by Crippen LogP contribution is -1.94. The Labute approximate surface area is 121 Å². The van der Waals surface area contributed by atoms with Gasteiger partial charge in [-0.25, -0.2) is 4.79 Å². The number of nitrogens with zero attached hydrogens (tertiary/aromatic N) is 1. The summed E-state index contributed by atoms with van der Waals surface area (Å²) in [5.41, 5.74) is 4.07. The number of benzene rings is 2. The van der Waals surface area contributed by atoms with Crippen LogP contribution in [0.15, 0.2) is 51.8 Å². The normalized spacial score (nSPS) is 10.6. The van der Waals surface area contributed by atoms with Crippen LogP contribution in [0.2, 0.25) is 0 Å². The molecule has 0 radical (unpaired) electrons. The molecule has 1 aromatic heterocycles. The van der Waals surface area contributed by atoms with Crippen LogP contribution >= 0.6 is 0 Å². The summed E-state index contributed by atoms with van der Waals surface area (Å²) in [6.45, 7) is 2.01. The molecule has 3 rings (SSSR count). The van der Waals surface area contributed by atoms with E-state index < -0.39 is 5.76 Å². The summed E-state index contributed by atoms with van der Waals surface area (Å²) in [7, 11) is 1.66. The number of aromatic amines is 1. The van der Waals surface area contributed by atoms with E-state index in [0.717, 1.165) is 28.0 Å². The van der Waals surface area contributed by atoms with E-state index >= 15 is 0 Å². The Hall–Kier alpha value is -2.82. The molecule has 0 bridgehead atoms. The lowest BCUT2D eigenvalue weighted by atomic mass is 10.0. The predicted octanol–water partition coefficient (Wildman–Crippen LogP) is 3.01. The van der Waals surface area contributed by atoms with Crippen molar-refractivity contribution in [1.29, 1.82) is 0 Å². The third-order valence-corrected chi connectivity index (χ3v) is 3.33. The van der Waals surface area contributed by atoms with Crippen LogP contribution in [0.25, 0.3) is 22.5 Å². The number of methoxy groups -OCH3 is 1. The average molecular weight is 282 g/mol. The maximum Gasteiger partial charge on any atom is 0.439 e. The SMILES string of the molecule is COc1ccc(-c2ccc(-c3noc(=O)[nH]3)cc2)cc1C. The molecule has 0 spiro atoms. The number of nitrogens with one attached hydrogen (secondary N) is 1. The molecule has 5 heteroatoms. The molecular weight excluding hydrogens is 268 g/mol. The summed E-state index contributed by atoms with van der Waals surface area (Å²) in [5, 5.41) is 3.67. The van der Waals surface area contributed by atoms with Gasteiger partial charge in [-0.2, -0.15) is 0 Å². The van der Waals surface area contributed by atoms with Crippen LogP contribution in [-0.2, 0) is 0 Å². The highest BCUT2D eigenvalue weighted by Gasteiger charge is 2.06. The molecule has 106 valence electrons. The number of ether oxygens (including phenoxy) is 1. The Morgan fingerprint density at radius 3 is 2.29 bits per heavy atom. The van der Waals surface area contributed by atoms with Crippen molar-refractivity contribution < 1.29 is 9.26 Å². The summed E-state index contributed by atoms with van der Waals surface area (Å²) >= 11 is 0. The van der Waals surface area contributed by atoms with Gasteiger partial charge in [0.25, 0.3) is 0 Å². The molecule has 21 heavy (non-hydrogen) atoms. The smallest absolute Gasteiger partial charge is 0.439 e. The van der Waals surface area contributed by atoms with Gasteiger partial charge in [0, 0.05) is 5.56 Å². The molecule has 0 atom stereocenters. The Morgan fingerprint density at radius 2 is 1.71 bits per heavy atom. The minimum Gasteiger partial charge on any atom is -0.496 e. The monoisotopic (exact) mass is 282 g/mol. The van der Waals surface area contributed by atoms with Crippen LogP contribution in [0.1, 0.15) is 5.56 Å². The van der Waals surface area contributed by atoms with E-state index in [9.17, 15) is 4.79 Å². The number of H-pyrrole nitrogens is 1. The van der Waals surface area contributed by atoms with Crippen molar-refractivity contribution in [3.63, 3.8) is 0 Å². The van der Waals surface area contributed by atoms with Gasteiger partial charge in [-0.15, -0.1) is 0 Å². The predicted molar refractivity (Wildman–Crippen MR) is 79.3 cm³/mol. The van der Waals surface area contributed by atoms with Crippen LogP contribution in [0, 0.1) is 6.92 Å². The molecule has 5 nitrogen and oxygen atoms in total. The van der Waals surface area contributed by atoms with E-state index in [1.54, 1.807) is 7.11 Å². The number of aromatic nitrogens is 2. The third-order valence-electron chi connectivity index (χ3n) is 3.33. The summed E-state index contributed by atoms with van der Waals surface area (Å²) in [6, 6.07) is 13.8. The number of hydrogen-bond acceptors (Lipinski definition) is 4. The fourth-order valence-corrected chi connectivity index (χ4v) is 2.23. The molecule has 1 heterocycles. The van der Waals surface area contributed by atoms with Crippen molar-refractivity contribution in [1.82, 2.24) is 10.1 Å². The van der Waals surface area contributed by atoms with E-state index in [1.807, 2.05) is 43.3 Å². The third kappa shape index (κ3) is 2.58. The molecule has 0 amide bonds. The summed E-state index contributed by atoms with van der Waals surface area (Å²) in [5.74, 6) is 0.743. The van der Waals surface area contributed by atoms with Gasteiger partial charge in [0.1, 0.15) is 5.75 Å². The van der Waals surface area contributed by atoms with E-state index in [0.29, 0.717) is 5.82 Å². The van der Waals surface area contributed by atoms with Gasteiger partial charge in [-0.05, 0) is 35.7 Å². The second-order valence-corrected chi connectivity index (χ2v) is 4.71. The molecule has 3 aromatic rings. The topological polar surface area (TPSA) is 68.1 Å². The first kappa shape index (κ1) is 13.2. The maximum absolute atomic E-state index is 11.0. The van der Waals surface area contributed by atoms with Crippen molar-refractivity contribution in [2.75, 3.05) is 7.11 Å². The zero-order valence-electron chi connectivity index (χ0n) is 11.7. The van der Waals surface area contributed by atoms with Crippen LogP contribution in [0.5, 0.6) is 5.75 Å². The molecule has 1 N–H and O–H groups in total. The molecule has 0 fully saturated rings. The van der Waals surface area contributed by atoms with Gasteiger partial charge in [0.15, 0.2) is 5.82 Å². The fourth-order valence-electron chi connectivity index (χ4n) is 2.23. The molecule has 2 aromatic carbocycles. The van der Waals surface area contributed by atoms with E-state index in [-0.39, 0.29) is 0 Å². The minimum absolute atomic E-state index is 0.428. The Morgan fingerprint density at radius 1 is 1.05 bits per heavy atom. The zero-order chi connectivity index (χ0) is 14.8. The first-order chi connectivity index (χ1) is 10.2. The standard InChI is InChI=1S/C16H14N2O3/c1-10-9-13(7-8-14(10)20-2)11-3-5-12(6-4-11)15-17-16(19)21-18-15/h3-9H,1-2H3,(H,17,18,19). The van der Waals surface area contributed by atoms with Gasteiger partial charge in [0.2, 0.25) is 0 Å². The second kappa shape index (κ2) is 5.28. The molecule has 0 saturated carbocycles. The summed E-state index contributed by atoms with van der Waals surface area (Å²) in [4.78, 5) is 13.5. The number of hydrogen-bond donors (Lipinski definition) is 1. The molecule has 0 aliphatic rings. The second-order valence-electron chi connectivity index (χ2n) is 4.71. The van der Waals surface area contributed by atoms with Gasteiger partial charge >= 0.3 is 5.76 Å². The van der Waals surface area contributed by atoms with Gasteiger partial charge in [-0.3, -0.25) is 9.51 Å². The highest BCUT2D eigenvalue weighted by Crippen LogP contribution is 2.27. The van der Waals surface area contributed by atoms with Gasteiger partial charge < -0.3 is 4.74 Å². The van der Waals surface area contributed by atoms with Gasteiger partial charge in [0.05, 0.1) is 7.11 Å². The molecule has 0 aliphatic carbocycles. The van der Waals surface area contributed by atoms with Crippen molar-refractivity contribution in [2.45, 2.75) is 6.92 Å². The summed E-state index contributed by atoms with van der Waals surface area (Å²) < 4.78 is 9.76. The quantitative estimate of drug-likeness (QED) is 0.801. The average Bonchev–Trinajstić information content (AvgIpc) is 2.94. The largest absolute Gasteiger partial charge is 0.496 e. The van der Waals surface area contributed by atoms with Crippen molar-refractivity contribution in [3.05, 3.63) is 58.6 Å². The molecular formula is C16H14N2O3. The first-order valence-electron chi connectivity index (χ1n) is 6.49. The highest BCUT2D eigenvalue weighted by atomic mass is 16.5. The number of aryl methyl sites for hydroxylation is 1. The van der Waals surface area contributed by atoms with Crippen molar-refractivity contribution >= 4 is 0 Å². The van der Waals surface area contributed by atoms with E-state index in [2.05, 4.69) is 20.7 Å². The fraction of sp³-hybridized carbons (Fsp3) is 0.125.